The highest BCUT2D eigenvalue weighted by atomic mass is 31.2. The van der Waals surface area contributed by atoms with Crippen LogP contribution in [0.2, 0.25) is 0 Å². The van der Waals surface area contributed by atoms with E-state index in [-0.39, 0.29) is 19.1 Å². The molecule has 87 heavy (non-hydrogen) atoms. The van der Waals surface area contributed by atoms with Crippen LogP contribution in [0.5, 0.6) is 0 Å². The molecule has 0 aliphatic heterocycles. The molecule has 3 N–H and O–H groups in total. The second-order valence-electron chi connectivity index (χ2n) is 28.1. The van der Waals surface area contributed by atoms with E-state index in [0.717, 1.165) is 44.9 Å². The molecular formula is C78H154N2O6P+. The number of quaternary nitrogens is 1. The molecule has 0 aromatic carbocycles. The number of aliphatic hydroxyl groups excluding tert-OH is 1. The summed E-state index contributed by atoms with van der Waals surface area (Å²) in [4.78, 5) is 23.5. The average molecular weight is 1250 g/mol. The molecule has 1 amide bonds. The van der Waals surface area contributed by atoms with E-state index >= 15 is 0 Å². The van der Waals surface area contributed by atoms with Gasteiger partial charge in [0.2, 0.25) is 5.91 Å². The number of aliphatic hydroxyl groups is 1. The summed E-state index contributed by atoms with van der Waals surface area (Å²) in [5.41, 5.74) is 0. The molecule has 0 heterocycles. The van der Waals surface area contributed by atoms with Crippen molar-refractivity contribution in [2.45, 2.75) is 418 Å². The molecule has 0 aliphatic rings. The van der Waals surface area contributed by atoms with Crippen LogP contribution in [0.15, 0.2) is 36.5 Å². The Morgan fingerprint density at radius 2 is 0.632 bits per heavy atom. The number of phosphoric acid groups is 1. The highest BCUT2D eigenvalue weighted by Gasteiger charge is 2.28. The van der Waals surface area contributed by atoms with Gasteiger partial charge in [0, 0.05) is 6.42 Å². The first-order valence-corrected chi connectivity index (χ1v) is 40.4. The summed E-state index contributed by atoms with van der Waals surface area (Å²) in [7, 11) is 1.57. The topological polar surface area (TPSA) is 105 Å². The van der Waals surface area contributed by atoms with Crippen LogP contribution >= 0.6 is 7.82 Å². The predicted molar refractivity (Wildman–Crippen MR) is 383 cm³/mol. The van der Waals surface area contributed by atoms with Gasteiger partial charge < -0.3 is 19.8 Å². The number of hydrogen-bond donors (Lipinski definition) is 3. The number of phosphoric ester groups is 1. The van der Waals surface area contributed by atoms with Gasteiger partial charge in [-0.1, -0.05) is 391 Å². The fraction of sp³-hybridized carbons (Fsp3) is 0.910. The summed E-state index contributed by atoms with van der Waals surface area (Å²) < 4.78 is 23.8. The van der Waals surface area contributed by atoms with E-state index in [9.17, 15) is 19.4 Å². The molecule has 9 heteroatoms. The van der Waals surface area contributed by atoms with E-state index in [1.54, 1.807) is 6.08 Å². The molecule has 0 aromatic heterocycles. The number of likely N-dealkylation sites (N-methyl/N-ethyl adjacent to an activating group) is 1. The zero-order valence-electron chi connectivity index (χ0n) is 59.3. The van der Waals surface area contributed by atoms with Crippen molar-refractivity contribution >= 4 is 13.7 Å². The van der Waals surface area contributed by atoms with Crippen LogP contribution in [-0.4, -0.2) is 73.4 Å². The maximum Gasteiger partial charge on any atom is 0.472 e. The number of carbonyl (C=O) groups excluding carboxylic acids is 1. The molecule has 0 aliphatic carbocycles. The number of hydrogen-bond acceptors (Lipinski definition) is 5. The second kappa shape index (κ2) is 69.1. The molecule has 0 saturated carbocycles. The number of unbranched alkanes of at least 4 members (excludes halogenated alkanes) is 56. The summed E-state index contributed by atoms with van der Waals surface area (Å²) >= 11 is 0. The first-order valence-electron chi connectivity index (χ1n) is 38.9. The minimum atomic E-state index is -4.37. The van der Waals surface area contributed by atoms with Crippen LogP contribution in [-0.2, 0) is 18.4 Å². The Labute approximate surface area is 544 Å². The van der Waals surface area contributed by atoms with E-state index in [4.69, 9.17) is 9.05 Å². The summed E-state index contributed by atoms with van der Waals surface area (Å²) in [6.07, 6.45) is 93.5. The monoisotopic (exact) mass is 1250 g/mol. The minimum Gasteiger partial charge on any atom is -0.387 e. The van der Waals surface area contributed by atoms with E-state index in [0.29, 0.717) is 17.4 Å². The lowest BCUT2D eigenvalue weighted by molar-refractivity contribution is -0.870. The molecule has 3 atom stereocenters. The Kier molecular flexibility index (Phi) is 68.1. The Balaban J connectivity index is 4.02. The third-order valence-electron chi connectivity index (χ3n) is 18.1. The molecule has 0 aromatic rings. The zero-order valence-corrected chi connectivity index (χ0v) is 60.2. The number of amides is 1. The van der Waals surface area contributed by atoms with Gasteiger partial charge in [-0.15, -0.1) is 0 Å². The summed E-state index contributed by atoms with van der Waals surface area (Å²) in [6, 6.07) is -0.870. The number of rotatable bonds is 73. The zero-order chi connectivity index (χ0) is 63.4. The first kappa shape index (κ1) is 85.7. The molecule has 0 saturated heterocycles. The molecule has 8 nitrogen and oxygen atoms in total. The lowest BCUT2D eigenvalue weighted by Gasteiger charge is -2.25. The predicted octanol–water partition coefficient (Wildman–Crippen LogP) is 25.2. The number of nitrogens with zero attached hydrogens (tertiary/aromatic N) is 1. The van der Waals surface area contributed by atoms with Gasteiger partial charge >= 0.3 is 7.82 Å². The Morgan fingerprint density at radius 1 is 0.379 bits per heavy atom. The van der Waals surface area contributed by atoms with Gasteiger partial charge in [0.05, 0.1) is 39.9 Å². The van der Waals surface area contributed by atoms with Crippen molar-refractivity contribution < 1.29 is 32.9 Å². The Hall–Kier alpha value is -1.28. The van der Waals surface area contributed by atoms with Crippen LogP contribution in [0.1, 0.15) is 406 Å². The van der Waals surface area contributed by atoms with Crippen molar-refractivity contribution in [2.24, 2.45) is 0 Å². The van der Waals surface area contributed by atoms with Gasteiger partial charge in [0.25, 0.3) is 0 Å². The Bertz CT molecular complexity index is 1510. The van der Waals surface area contributed by atoms with Crippen molar-refractivity contribution in [3.63, 3.8) is 0 Å². The molecule has 0 spiro atoms. The van der Waals surface area contributed by atoms with Crippen molar-refractivity contribution in [1.29, 1.82) is 0 Å². The van der Waals surface area contributed by atoms with Crippen LogP contribution in [0.4, 0.5) is 0 Å². The maximum absolute atomic E-state index is 13.1. The van der Waals surface area contributed by atoms with Gasteiger partial charge in [0.15, 0.2) is 0 Å². The number of nitrogens with one attached hydrogen (secondary N) is 1. The van der Waals surface area contributed by atoms with Crippen molar-refractivity contribution in [2.75, 3.05) is 40.9 Å². The van der Waals surface area contributed by atoms with Gasteiger partial charge in [-0.2, -0.15) is 0 Å². The molecule has 0 rings (SSSR count). The summed E-state index contributed by atoms with van der Waals surface area (Å²) in [6.45, 7) is 4.86. The highest BCUT2D eigenvalue weighted by Crippen LogP contribution is 2.43. The lowest BCUT2D eigenvalue weighted by atomic mass is 10.0. The molecule has 0 fully saturated rings. The molecular weight excluding hydrogens is 1090 g/mol. The van der Waals surface area contributed by atoms with E-state index < -0.39 is 20.0 Å². The minimum absolute atomic E-state index is 0.0555. The standard InChI is InChI=1S/C78H153N2O6P/c1-6-8-10-12-14-16-18-20-22-24-26-28-30-32-34-36-38-39-40-42-44-46-48-50-52-54-56-58-60-62-64-66-68-70-72-78(82)79-76(75-86-87(83,84)85-74-73-80(3,4)5)77(81)71-69-67-65-63-61-59-57-55-53-51-49-47-45-43-41-37-35-33-31-29-27-25-23-21-19-17-15-13-11-9-7-2/h53,55,61,63,69,71,76-77,81H,6-52,54,56-60,62,64-68,70,72-75H2,1-5H3,(H-,79,82,83,84)/p+1/b55-53+,63-61+,71-69+. The molecule has 0 radical (unpaired) electrons. The SMILES string of the molecule is CCCCCCCCCCCCCCCCCCCCCCC/C=C/CC/C=C/CC/C=C/C(O)C(COP(=O)(O)OCC[N+](C)(C)C)NC(=O)CCCCCCCCCCCCCCCCCCCCCCCCCCCCCCCCCCCC. The number of carbonyl (C=O) groups is 1. The van der Waals surface area contributed by atoms with Crippen LogP contribution < -0.4 is 5.32 Å². The largest absolute Gasteiger partial charge is 0.472 e. The lowest BCUT2D eigenvalue weighted by Crippen LogP contribution is -2.45. The smallest absolute Gasteiger partial charge is 0.387 e. The molecule has 0 bridgehead atoms. The van der Waals surface area contributed by atoms with Gasteiger partial charge in [-0.25, -0.2) is 4.57 Å². The average Bonchev–Trinajstić information content (AvgIpc) is 3.70. The van der Waals surface area contributed by atoms with Gasteiger partial charge in [-0.05, 0) is 44.9 Å². The fourth-order valence-corrected chi connectivity index (χ4v) is 12.8. The van der Waals surface area contributed by atoms with Crippen molar-refractivity contribution in [3.05, 3.63) is 36.5 Å². The van der Waals surface area contributed by atoms with Crippen LogP contribution in [0.3, 0.4) is 0 Å². The normalized spacial score (nSPS) is 13.7. The second-order valence-corrected chi connectivity index (χ2v) is 29.5. The summed E-state index contributed by atoms with van der Waals surface area (Å²) in [5, 5.41) is 14.0. The quantitative estimate of drug-likeness (QED) is 0.0243. The van der Waals surface area contributed by atoms with Gasteiger partial charge in [-0.3, -0.25) is 13.8 Å². The maximum atomic E-state index is 13.1. The highest BCUT2D eigenvalue weighted by molar-refractivity contribution is 7.47. The van der Waals surface area contributed by atoms with Crippen LogP contribution in [0.25, 0.3) is 0 Å². The van der Waals surface area contributed by atoms with Crippen molar-refractivity contribution in [1.82, 2.24) is 5.32 Å². The third kappa shape index (κ3) is 72.0. The fourth-order valence-electron chi connectivity index (χ4n) is 12.1. The third-order valence-corrected chi connectivity index (χ3v) is 19.1. The number of allylic oxidation sites excluding steroid dienone is 5. The summed E-state index contributed by atoms with van der Waals surface area (Å²) in [5.74, 6) is -0.182. The van der Waals surface area contributed by atoms with Crippen LogP contribution in [0, 0.1) is 0 Å². The molecule has 3 unspecified atom stereocenters. The van der Waals surface area contributed by atoms with E-state index in [2.05, 4.69) is 43.5 Å². The first-order chi connectivity index (χ1) is 42.5. The molecule has 516 valence electrons. The van der Waals surface area contributed by atoms with E-state index in [1.165, 1.54) is 340 Å². The van der Waals surface area contributed by atoms with Gasteiger partial charge in [0.1, 0.15) is 13.2 Å². The Morgan fingerprint density at radius 3 is 0.920 bits per heavy atom. The van der Waals surface area contributed by atoms with E-state index in [1.807, 2.05) is 27.2 Å². The van der Waals surface area contributed by atoms with Crippen molar-refractivity contribution in [3.8, 4) is 0 Å².